The molecule has 1 aromatic rings. The predicted molar refractivity (Wildman–Crippen MR) is 85.4 cm³/mol. The Labute approximate surface area is 119 Å². The van der Waals surface area contributed by atoms with Crippen LogP contribution in [0.15, 0.2) is 30.3 Å². The van der Waals surface area contributed by atoms with Gasteiger partial charge in [-0.3, -0.25) is 0 Å². The third-order valence-corrected chi connectivity index (χ3v) is 9.99. The fourth-order valence-electron chi connectivity index (χ4n) is 3.19. The SMILES string of the molecule is CC(C)[Si](ONCc1ccccc1)(C(C)C)C(C)C. The highest BCUT2D eigenvalue weighted by molar-refractivity contribution is 6.77. The van der Waals surface area contributed by atoms with E-state index in [1.165, 1.54) is 5.56 Å². The molecule has 3 heteroatoms. The number of hydroxylamine groups is 1. The van der Waals surface area contributed by atoms with Crippen molar-refractivity contribution >= 4 is 8.32 Å². The first-order valence-electron chi connectivity index (χ1n) is 7.36. The Morgan fingerprint density at radius 1 is 0.895 bits per heavy atom. The lowest BCUT2D eigenvalue weighted by Gasteiger charge is -2.41. The summed E-state index contributed by atoms with van der Waals surface area (Å²) in [6.07, 6.45) is 0. The van der Waals surface area contributed by atoms with Gasteiger partial charge in [-0.2, -0.15) is 0 Å². The minimum Gasteiger partial charge on any atom is -0.344 e. The maximum Gasteiger partial charge on any atom is 0.228 e. The molecule has 0 unspecified atom stereocenters. The molecule has 2 nitrogen and oxygen atoms in total. The van der Waals surface area contributed by atoms with Gasteiger partial charge in [0.15, 0.2) is 0 Å². The predicted octanol–water partition coefficient (Wildman–Crippen LogP) is 4.88. The Balaban J connectivity index is 2.69. The van der Waals surface area contributed by atoms with Crippen LogP contribution >= 0.6 is 0 Å². The quantitative estimate of drug-likeness (QED) is 0.567. The zero-order chi connectivity index (χ0) is 14.5. The van der Waals surface area contributed by atoms with E-state index in [0.717, 1.165) is 6.54 Å². The molecule has 0 spiro atoms. The van der Waals surface area contributed by atoms with Gasteiger partial charge in [0, 0.05) is 6.54 Å². The van der Waals surface area contributed by atoms with E-state index in [1.54, 1.807) is 0 Å². The Kier molecular flexibility index (Phi) is 6.24. The standard InChI is InChI=1S/C16H29NOSi/c1-13(2)19(14(3)4,15(5)6)18-17-12-16-10-8-7-9-11-16/h7-11,13-15,17H,12H2,1-6H3. The second kappa shape index (κ2) is 7.22. The molecular weight excluding hydrogens is 250 g/mol. The molecule has 1 rings (SSSR count). The van der Waals surface area contributed by atoms with Crippen molar-refractivity contribution in [1.82, 2.24) is 5.48 Å². The number of hydrogen-bond acceptors (Lipinski definition) is 2. The lowest BCUT2D eigenvalue weighted by molar-refractivity contribution is 0.160. The topological polar surface area (TPSA) is 21.3 Å². The van der Waals surface area contributed by atoms with Crippen molar-refractivity contribution in [2.75, 3.05) is 0 Å². The van der Waals surface area contributed by atoms with Gasteiger partial charge in [-0.1, -0.05) is 71.9 Å². The highest BCUT2D eigenvalue weighted by Gasteiger charge is 2.45. The molecule has 0 fully saturated rings. The summed E-state index contributed by atoms with van der Waals surface area (Å²) in [5.74, 6) is 0. The Morgan fingerprint density at radius 3 is 1.79 bits per heavy atom. The fourth-order valence-corrected chi connectivity index (χ4v) is 8.22. The smallest absolute Gasteiger partial charge is 0.228 e. The third-order valence-electron chi connectivity index (χ3n) is 4.08. The van der Waals surface area contributed by atoms with Gasteiger partial charge in [0.2, 0.25) is 8.32 Å². The van der Waals surface area contributed by atoms with Crippen molar-refractivity contribution in [2.45, 2.75) is 64.7 Å². The van der Waals surface area contributed by atoms with E-state index in [0.29, 0.717) is 16.6 Å². The van der Waals surface area contributed by atoms with Gasteiger partial charge in [-0.25, -0.2) is 5.48 Å². The second-order valence-corrected chi connectivity index (χ2v) is 11.6. The van der Waals surface area contributed by atoms with Crippen LogP contribution in [0.5, 0.6) is 0 Å². The van der Waals surface area contributed by atoms with Gasteiger partial charge < -0.3 is 4.53 Å². The first-order chi connectivity index (χ1) is 8.91. The molecule has 0 bridgehead atoms. The maximum absolute atomic E-state index is 6.31. The zero-order valence-corrected chi connectivity index (χ0v) is 14.2. The van der Waals surface area contributed by atoms with E-state index >= 15 is 0 Å². The molecule has 0 radical (unpaired) electrons. The first-order valence-corrected chi connectivity index (χ1v) is 9.50. The molecule has 0 aliphatic heterocycles. The Morgan fingerprint density at radius 2 is 1.37 bits per heavy atom. The summed E-state index contributed by atoms with van der Waals surface area (Å²) in [4.78, 5) is 0. The van der Waals surface area contributed by atoms with E-state index in [4.69, 9.17) is 4.53 Å². The average molecular weight is 280 g/mol. The van der Waals surface area contributed by atoms with Gasteiger partial charge in [0.05, 0.1) is 0 Å². The van der Waals surface area contributed by atoms with E-state index in [9.17, 15) is 0 Å². The van der Waals surface area contributed by atoms with Gasteiger partial charge in [0.1, 0.15) is 0 Å². The van der Waals surface area contributed by atoms with Crippen molar-refractivity contribution in [3.05, 3.63) is 35.9 Å². The minimum absolute atomic E-state index is 0.607. The van der Waals surface area contributed by atoms with Crippen LogP contribution in [0.3, 0.4) is 0 Å². The fraction of sp³-hybridized carbons (Fsp3) is 0.625. The molecule has 0 heterocycles. The summed E-state index contributed by atoms with van der Waals surface area (Å²) in [6, 6.07) is 10.4. The van der Waals surface area contributed by atoms with Crippen molar-refractivity contribution in [1.29, 1.82) is 0 Å². The molecule has 0 aliphatic carbocycles. The van der Waals surface area contributed by atoms with Crippen LogP contribution in [0.1, 0.15) is 47.1 Å². The normalized spacial score (nSPS) is 12.7. The summed E-state index contributed by atoms with van der Waals surface area (Å²) >= 11 is 0. The van der Waals surface area contributed by atoms with Gasteiger partial charge in [-0.05, 0) is 22.2 Å². The van der Waals surface area contributed by atoms with Crippen LogP contribution in [0.25, 0.3) is 0 Å². The van der Waals surface area contributed by atoms with Crippen LogP contribution in [0.2, 0.25) is 16.6 Å². The third kappa shape index (κ3) is 3.91. The van der Waals surface area contributed by atoms with E-state index in [-0.39, 0.29) is 0 Å². The largest absolute Gasteiger partial charge is 0.344 e. The zero-order valence-electron chi connectivity index (χ0n) is 13.2. The monoisotopic (exact) mass is 279 g/mol. The minimum atomic E-state index is -1.79. The van der Waals surface area contributed by atoms with Crippen LogP contribution in [-0.2, 0) is 11.1 Å². The van der Waals surface area contributed by atoms with E-state index in [2.05, 4.69) is 71.3 Å². The summed E-state index contributed by atoms with van der Waals surface area (Å²) in [5.41, 5.74) is 6.34. The highest BCUT2D eigenvalue weighted by atomic mass is 28.4. The number of benzene rings is 1. The van der Waals surface area contributed by atoms with Crippen LogP contribution in [0, 0.1) is 0 Å². The summed E-state index contributed by atoms with van der Waals surface area (Å²) in [7, 11) is -1.79. The molecule has 0 saturated carbocycles. The number of rotatable bonds is 7. The molecule has 0 amide bonds. The molecule has 0 aliphatic rings. The van der Waals surface area contributed by atoms with Gasteiger partial charge in [-0.15, -0.1) is 0 Å². The first kappa shape index (κ1) is 16.4. The second-order valence-electron chi connectivity index (χ2n) is 6.23. The number of nitrogens with one attached hydrogen (secondary N) is 1. The van der Waals surface area contributed by atoms with Crippen LogP contribution in [0.4, 0.5) is 0 Å². The molecule has 108 valence electrons. The summed E-state index contributed by atoms with van der Waals surface area (Å²) < 4.78 is 6.31. The molecule has 19 heavy (non-hydrogen) atoms. The molecule has 0 atom stereocenters. The van der Waals surface area contributed by atoms with Crippen LogP contribution in [-0.4, -0.2) is 8.32 Å². The van der Waals surface area contributed by atoms with Crippen molar-refractivity contribution < 1.29 is 4.53 Å². The van der Waals surface area contributed by atoms with Gasteiger partial charge >= 0.3 is 0 Å². The number of hydrogen-bond donors (Lipinski definition) is 1. The summed E-state index contributed by atoms with van der Waals surface area (Å²) in [6.45, 7) is 14.6. The van der Waals surface area contributed by atoms with E-state index in [1.807, 2.05) is 6.07 Å². The van der Waals surface area contributed by atoms with Crippen molar-refractivity contribution in [3.8, 4) is 0 Å². The average Bonchev–Trinajstić information content (AvgIpc) is 2.34. The van der Waals surface area contributed by atoms with Crippen LogP contribution < -0.4 is 5.48 Å². The van der Waals surface area contributed by atoms with Gasteiger partial charge in [0.25, 0.3) is 0 Å². The van der Waals surface area contributed by atoms with E-state index < -0.39 is 8.32 Å². The molecule has 0 saturated heterocycles. The summed E-state index contributed by atoms with van der Waals surface area (Å²) in [5, 5.41) is 0. The molecule has 0 aromatic heterocycles. The Hall–Kier alpha value is -0.643. The highest BCUT2D eigenvalue weighted by Crippen LogP contribution is 2.41. The maximum atomic E-state index is 6.31. The lowest BCUT2D eigenvalue weighted by atomic mass is 10.2. The molecule has 1 N–H and O–H groups in total. The molecule has 1 aromatic carbocycles. The van der Waals surface area contributed by atoms with Crippen molar-refractivity contribution in [2.24, 2.45) is 0 Å². The Bertz CT molecular complexity index is 340. The lowest BCUT2D eigenvalue weighted by Crippen LogP contribution is -2.51. The molecular formula is C16H29NOSi. The van der Waals surface area contributed by atoms with Crippen molar-refractivity contribution in [3.63, 3.8) is 0 Å².